The minimum Gasteiger partial charge on any atom is -0.334 e. The van der Waals surface area contributed by atoms with Crippen LogP contribution in [0.4, 0.5) is 13.2 Å². The Morgan fingerprint density at radius 3 is 2.38 bits per heavy atom. The number of halogens is 5. The summed E-state index contributed by atoms with van der Waals surface area (Å²) in [5.41, 5.74) is 2.18. The first kappa shape index (κ1) is 19.0. The summed E-state index contributed by atoms with van der Waals surface area (Å²) in [6, 6.07) is 13.5. The molecule has 134 valence electrons. The highest BCUT2D eigenvalue weighted by Crippen LogP contribution is 2.43. The van der Waals surface area contributed by atoms with Gasteiger partial charge in [0.15, 0.2) is 0 Å². The number of hydrogen-bond donors (Lipinski definition) is 0. The van der Waals surface area contributed by atoms with Gasteiger partial charge in [0.05, 0.1) is 22.8 Å². The Morgan fingerprint density at radius 2 is 1.77 bits per heavy atom. The van der Waals surface area contributed by atoms with Gasteiger partial charge in [-0.05, 0) is 46.4 Å². The Morgan fingerprint density at radius 1 is 1.08 bits per heavy atom. The monoisotopic (exact) mass is 487 g/mol. The zero-order chi connectivity index (χ0) is 18.8. The molecule has 1 aliphatic heterocycles. The van der Waals surface area contributed by atoms with Crippen LogP contribution in [0.25, 0.3) is 11.3 Å². The lowest BCUT2D eigenvalue weighted by Gasteiger charge is -2.34. The lowest BCUT2D eigenvalue weighted by molar-refractivity contribution is 0.123. The molecule has 0 N–H and O–H groups in total. The van der Waals surface area contributed by atoms with Gasteiger partial charge in [0.1, 0.15) is 5.82 Å². The van der Waals surface area contributed by atoms with Crippen molar-refractivity contribution in [3.63, 3.8) is 0 Å². The molecular weight excluding hydrogens is 474 g/mol. The van der Waals surface area contributed by atoms with Gasteiger partial charge in [-0.3, -0.25) is 0 Å². The molecular formula is C20H14ClF3IN. The van der Waals surface area contributed by atoms with E-state index >= 15 is 0 Å². The average molecular weight is 488 g/mol. The summed E-state index contributed by atoms with van der Waals surface area (Å²) in [4.78, 5) is 1.35. The summed E-state index contributed by atoms with van der Waals surface area (Å²) < 4.78 is 42.0. The van der Waals surface area contributed by atoms with Crippen molar-refractivity contribution in [1.29, 1.82) is 0 Å². The van der Waals surface area contributed by atoms with Gasteiger partial charge in [0.25, 0.3) is 6.43 Å². The average Bonchev–Trinajstić information content (AvgIpc) is 2.60. The van der Waals surface area contributed by atoms with Gasteiger partial charge >= 0.3 is 0 Å². The van der Waals surface area contributed by atoms with Crippen molar-refractivity contribution in [3.8, 4) is 0 Å². The minimum absolute atomic E-state index is 0.0926. The summed E-state index contributed by atoms with van der Waals surface area (Å²) in [5.74, 6) is -0.571. The van der Waals surface area contributed by atoms with Crippen molar-refractivity contribution in [2.45, 2.75) is 6.43 Å². The molecule has 0 amide bonds. The maximum Gasteiger partial charge on any atom is 0.256 e. The molecule has 0 aliphatic carbocycles. The summed E-state index contributed by atoms with van der Waals surface area (Å²) in [5, 5.41) is 0.158. The van der Waals surface area contributed by atoms with Gasteiger partial charge < -0.3 is 4.90 Å². The Kier molecular flexibility index (Phi) is 5.77. The number of benzene rings is 2. The lowest BCUT2D eigenvalue weighted by atomic mass is 9.94. The molecule has 0 unspecified atom stereocenters. The van der Waals surface area contributed by atoms with Crippen LogP contribution in [0.3, 0.4) is 0 Å². The third-order valence-corrected chi connectivity index (χ3v) is 5.25. The number of nitrogens with zero attached hydrogens (tertiary/aromatic N) is 1. The van der Waals surface area contributed by atoms with E-state index in [0.29, 0.717) is 20.5 Å². The molecule has 0 bridgehead atoms. The summed E-state index contributed by atoms with van der Waals surface area (Å²) in [6.07, 6.45) is -0.801. The van der Waals surface area contributed by atoms with Crippen molar-refractivity contribution in [1.82, 2.24) is 4.90 Å². The second-order valence-corrected chi connectivity index (χ2v) is 7.24. The molecule has 0 aromatic heterocycles. The van der Waals surface area contributed by atoms with Crippen molar-refractivity contribution in [3.05, 3.63) is 92.4 Å². The molecule has 1 heterocycles. The third-order valence-electron chi connectivity index (χ3n) is 4.00. The van der Waals surface area contributed by atoms with Crippen LogP contribution < -0.4 is 0 Å². The van der Waals surface area contributed by atoms with Crippen LogP contribution in [0.15, 0.2) is 70.5 Å². The molecule has 1 nitrogen and oxygen atoms in total. The van der Waals surface area contributed by atoms with Crippen LogP contribution in [0.5, 0.6) is 0 Å². The molecule has 1 aliphatic rings. The molecule has 26 heavy (non-hydrogen) atoms. The molecule has 0 atom stereocenters. The Bertz CT molecular complexity index is 886. The lowest BCUT2D eigenvalue weighted by Crippen LogP contribution is -2.30. The standard InChI is InChI=1S/C20H14ClF3IN/c1-12-17(25)10-14(13-6-3-2-4-7-13)20(26(12)11-18(23)24)19-15(21)8-5-9-16(19)22/h2-10,18H,1,11H2. The highest BCUT2D eigenvalue weighted by molar-refractivity contribution is 14.1. The van der Waals surface area contributed by atoms with Gasteiger partial charge in [0.2, 0.25) is 0 Å². The van der Waals surface area contributed by atoms with Crippen LogP contribution in [0, 0.1) is 5.82 Å². The summed E-state index contributed by atoms with van der Waals surface area (Å²) in [7, 11) is 0. The van der Waals surface area contributed by atoms with E-state index in [-0.39, 0.29) is 10.6 Å². The van der Waals surface area contributed by atoms with E-state index in [0.717, 1.165) is 5.56 Å². The van der Waals surface area contributed by atoms with Crippen molar-refractivity contribution in [2.75, 3.05) is 6.54 Å². The van der Waals surface area contributed by atoms with Gasteiger partial charge in [-0.25, -0.2) is 13.2 Å². The quantitative estimate of drug-likeness (QED) is 0.431. The van der Waals surface area contributed by atoms with E-state index in [2.05, 4.69) is 6.58 Å². The fourth-order valence-electron chi connectivity index (χ4n) is 2.86. The molecule has 6 heteroatoms. The van der Waals surface area contributed by atoms with Crippen LogP contribution >= 0.6 is 34.2 Å². The molecule has 2 aromatic rings. The van der Waals surface area contributed by atoms with Crippen LogP contribution in [-0.2, 0) is 0 Å². The summed E-state index contributed by atoms with van der Waals surface area (Å²) >= 11 is 8.31. The number of hydrogen-bond acceptors (Lipinski definition) is 1. The molecule has 3 rings (SSSR count). The second kappa shape index (κ2) is 7.88. The van der Waals surface area contributed by atoms with Gasteiger partial charge in [-0.1, -0.05) is 54.6 Å². The van der Waals surface area contributed by atoms with Gasteiger partial charge in [-0.15, -0.1) is 0 Å². The molecule has 0 radical (unpaired) electrons. The zero-order valence-electron chi connectivity index (χ0n) is 13.5. The third kappa shape index (κ3) is 3.69. The van der Waals surface area contributed by atoms with Crippen LogP contribution in [0.1, 0.15) is 11.1 Å². The maximum absolute atomic E-state index is 14.7. The van der Waals surface area contributed by atoms with E-state index in [9.17, 15) is 13.2 Å². The first-order chi connectivity index (χ1) is 12.4. The smallest absolute Gasteiger partial charge is 0.256 e. The highest BCUT2D eigenvalue weighted by atomic mass is 127. The fourth-order valence-corrected chi connectivity index (χ4v) is 3.71. The van der Waals surface area contributed by atoms with E-state index in [1.165, 1.54) is 17.0 Å². The van der Waals surface area contributed by atoms with Crippen molar-refractivity contribution in [2.24, 2.45) is 0 Å². The molecule has 2 aromatic carbocycles. The van der Waals surface area contributed by atoms with Crippen molar-refractivity contribution >= 4 is 45.5 Å². The Hall–Kier alpha value is -1.73. The van der Waals surface area contributed by atoms with Crippen LogP contribution in [0.2, 0.25) is 5.02 Å². The fraction of sp³-hybridized carbons (Fsp3) is 0.100. The van der Waals surface area contributed by atoms with E-state index < -0.39 is 18.8 Å². The van der Waals surface area contributed by atoms with Crippen LogP contribution in [-0.4, -0.2) is 17.9 Å². The molecule has 0 saturated carbocycles. The Balaban J connectivity index is 2.35. The molecule has 0 fully saturated rings. The summed E-state index contributed by atoms with van der Waals surface area (Å²) in [6.45, 7) is 3.31. The topological polar surface area (TPSA) is 3.24 Å². The normalized spacial score (nSPS) is 14.9. The van der Waals surface area contributed by atoms with Crippen molar-refractivity contribution < 1.29 is 13.2 Å². The second-order valence-electron chi connectivity index (χ2n) is 5.67. The first-order valence-corrected chi connectivity index (χ1v) is 9.22. The highest BCUT2D eigenvalue weighted by Gasteiger charge is 2.30. The van der Waals surface area contributed by atoms with Gasteiger partial charge in [0, 0.05) is 14.8 Å². The van der Waals surface area contributed by atoms with E-state index in [1.54, 1.807) is 6.07 Å². The predicted octanol–water partition coefficient (Wildman–Crippen LogP) is 6.76. The van der Waals surface area contributed by atoms with E-state index in [1.807, 2.05) is 59.0 Å². The predicted molar refractivity (Wildman–Crippen MR) is 109 cm³/mol. The first-order valence-electron chi connectivity index (χ1n) is 7.76. The zero-order valence-corrected chi connectivity index (χ0v) is 16.4. The SMILES string of the molecule is C=C1C(I)=CC(c2ccccc2)=C(c2c(F)cccc2Cl)N1CC(F)F. The van der Waals surface area contributed by atoms with Gasteiger partial charge in [-0.2, -0.15) is 0 Å². The largest absolute Gasteiger partial charge is 0.334 e. The maximum atomic E-state index is 14.7. The number of alkyl halides is 2. The molecule has 0 spiro atoms. The minimum atomic E-state index is -2.62. The number of rotatable bonds is 4. The molecule has 0 saturated heterocycles. The Labute approximate surface area is 168 Å². The van der Waals surface area contributed by atoms with E-state index in [4.69, 9.17) is 11.6 Å². The number of allylic oxidation sites excluding steroid dienone is 3.